The molecule has 2 aromatic carbocycles. The van der Waals surface area contributed by atoms with Gasteiger partial charge in [0.25, 0.3) is 0 Å². The molecule has 0 bridgehead atoms. The molecule has 0 radical (unpaired) electrons. The van der Waals surface area contributed by atoms with E-state index in [2.05, 4.69) is 0 Å². The molecule has 31 heavy (non-hydrogen) atoms. The smallest absolute Gasteiger partial charge is 0.407 e. The van der Waals surface area contributed by atoms with E-state index in [1.54, 1.807) is 36.4 Å². The number of carbonyl (C=O) groups excluding carboxylic acids is 2. The van der Waals surface area contributed by atoms with Crippen LogP contribution in [0.2, 0.25) is 0 Å². The molecule has 1 aliphatic carbocycles. The number of ether oxygens (including phenoxy) is 1. The summed E-state index contributed by atoms with van der Waals surface area (Å²) in [5.41, 5.74) is 6.15. The number of nitrogens with zero attached hydrogens (tertiary/aromatic N) is 1. The number of ketones is 2. The summed E-state index contributed by atoms with van der Waals surface area (Å²) in [6, 6.07) is 11.2. The maximum Gasteiger partial charge on any atom is 0.407 e. The van der Waals surface area contributed by atoms with Gasteiger partial charge in [-0.05, 0) is 32.4 Å². The van der Waals surface area contributed by atoms with Gasteiger partial charge in [-0.25, -0.2) is 4.79 Å². The third kappa shape index (κ3) is 4.45. The minimum atomic E-state index is -0.868. The van der Waals surface area contributed by atoms with Gasteiger partial charge >= 0.3 is 6.09 Å². The van der Waals surface area contributed by atoms with Gasteiger partial charge < -0.3 is 20.7 Å². The van der Waals surface area contributed by atoms with Crippen molar-refractivity contribution in [3.05, 3.63) is 64.7 Å². The van der Waals surface area contributed by atoms with E-state index in [1.165, 1.54) is 11.0 Å². The zero-order valence-corrected chi connectivity index (χ0v) is 17.3. The average Bonchev–Trinajstić information content (AvgIpc) is 2.76. The van der Waals surface area contributed by atoms with Crippen molar-refractivity contribution in [2.45, 2.75) is 25.3 Å². The van der Waals surface area contributed by atoms with Gasteiger partial charge in [0.1, 0.15) is 5.75 Å². The number of aromatic hydroxyl groups is 1. The molecule has 0 aromatic heterocycles. The highest BCUT2D eigenvalue weighted by molar-refractivity contribution is 6.29. The molecule has 1 amide bonds. The Hall–Kier alpha value is -3.23. The largest absolute Gasteiger partial charge is 0.507 e. The van der Waals surface area contributed by atoms with Crippen molar-refractivity contribution < 1.29 is 29.3 Å². The third-order valence-corrected chi connectivity index (χ3v) is 5.60. The van der Waals surface area contributed by atoms with Crippen LogP contribution in [-0.2, 0) is 4.74 Å². The van der Waals surface area contributed by atoms with E-state index in [4.69, 9.17) is 15.6 Å². The van der Waals surface area contributed by atoms with Crippen LogP contribution in [-0.4, -0.2) is 64.6 Å². The van der Waals surface area contributed by atoms with Crippen LogP contribution in [0.3, 0.4) is 0 Å². The number of fused-ring (bicyclic) bond motifs is 2. The Labute approximate surface area is 180 Å². The van der Waals surface area contributed by atoms with E-state index in [0.29, 0.717) is 37.4 Å². The summed E-state index contributed by atoms with van der Waals surface area (Å²) in [4.78, 5) is 36.7. The van der Waals surface area contributed by atoms with Gasteiger partial charge in [-0.2, -0.15) is 0 Å². The lowest BCUT2D eigenvalue weighted by Crippen LogP contribution is -2.57. The number of amides is 1. The summed E-state index contributed by atoms with van der Waals surface area (Å²) in [6.07, 6.45) is 0.715. The summed E-state index contributed by atoms with van der Waals surface area (Å²) in [5, 5.41) is 18.7. The maximum atomic E-state index is 12.2. The van der Waals surface area contributed by atoms with Crippen LogP contribution in [0.15, 0.2) is 42.5 Å². The maximum absolute atomic E-state index is 12.2. The fraction of sp³-hybridized carbons (Fsp3) is 0.348. The van der Waals surface area contributed by atoms with Gasteiger partial charge in [0.2, 0.25) is 0 Å². The quantitative estimate of drug-likeness (QED) is 0.587. The number of phenols is 1. The topological polar surface area (TPSA) is 130 Å². The molecule has 2 aliphatic rings. The zero-order valence-electron chi connectivity index (χ0n) is 17.3. The van der Waals surface area contributed by atoms with E-state index in [9.17, 15) is 19.5 Å². The monoisotopic (exact) mass is 426 g/mol. The number of morpholine rings is 1. The lowest BCUT2D eigenvalue weighted by molar-refractivity contribution is -0.0513. The van der Waals surface area contributed by atoms with E-state index >= 15 is 0 Å². The molecular weight excluding hydrogens is 400 g/mol. The molecular formula is C23H26N2O6. The van der Waals surface area contributed by atoms with Gasteiger partial charge in [-0.1, -0.05) is 36.4 Å². The van der Waals surface area contributed by atoms with Gasteiger partial charge in [0, 0.05) is 23.2 Å². The molecule has 4 rings (SSSR count). The highest BCUT2D eigenvalue weighted by Crippen LogP contribution is 2.32. The number of rotatable bonds is 3. The first-order valence-electron chi connectivity index (χ1n) is 10.1. The number of benzene rings is 2. The minimum absolute atomic E-state index is 0.108. The average molecular weight is 426 g/mol. The van der Waals surface area contributed by atoms with E-state index in [1.807, 2.05) is 6.92 Å². The van der Waals surface area contributed by atoms with Gasteiger partial charge in [-0.15, -0.1) is 0 Å². The standard InChI is InChI=1S/C14H8O3.C9H18N2O3/c15-11-7-3-6-10-12(11)14(17)9-5-2-1-4-8(9)13(10)16;1-9(3-2-4-10)7-14-6-5-11(9)8(12)13/h1-7,15H;2-7,10H2,1H3,(H,12,13). The molecule has 1 heterocycles. The first-order valence-corrected chi connectivity index (χ1v) is 10.1. The number of carbonyl (C=O) groups is 3. The zero-order chi connectivity index (χ0) is 22.6. The van der Waals surface area contributed by atoms with Crippen molar-refractivity contribution in [3.8, 4) is 5.75 Å². The Bertz CT molecular complexity index is 1010. The molecule has 1 saturated heterocycles. The molecule has 0 spiro atoms. The number of nitrogens with two attached hydrogens (primary N) is 1. The molecule has 4 N–H and O–H groups in total. The van der Waals surface area contributed by atoms with Crippen molar-refractivity contribution in [1.82, 2.24) is 4.90 Å². The molecule has 0 saturated carbocycles. The van der Waals surface area contributed by atoms with Crippen LogP contribution in [0.4, 0.5) is 4.79 Å². The van der Waals surface area contributed by atoms with Crippen molar-refractivity contribution >= 4 is 17.7 Å². The summed E-state index contributed by atoms with van der Waals surface area (Å²) in [5.74, 6) is -0.658. The molecule has 8 heteroatoms. The minimum Gasteiger partial charge on any atom is -0.507 e. The first-order chi connectivity index (χ1) is 14.8. The van der Waals surface area contributed by atoms with Crippen LogP contribution in [0.5, 0.6) is 5.75 Å². The summed E-state index contributed by atoms with van der Waals surface area (Å²) in [6.45, 7) is 3.92. The Morgan fingerprint density at radius 3 is 2.39 bits per heavy atom. The fourth-order valence-electron chi connectivity index (χ4n) is 3.94. The van der Waals surface area contributed by atoms with Crippen molar-refractivity contribution in [2.75, 3.05) is 26.3 Å². The summed E-state index contributed by atoms with van der Waals surface area (Å²) in [7, 11) is 0. The molecule has 8 nitrogen and oxygen atoms in total. The van der Waals surface area contributed by atoms with Gasteiger partial charge in [-0.3, -0.25) is 14.5 Å². The second-order valence-electron chi connectivity index (χ2n) is 7.78. The Morgan fingerprint density at radius 1 is 1.10 bits per heavy atom. The first kappa shape index (κ1) is 22.5. The van der Waals surface area contributed by atoms with Gasteiger partial charge in [0.15, 0.2) is 11.6 Å². The van der Waals surface area contributed by atoms with Crippen LogP contribution >= 0.6 is 0 Å². The highest BCUT2D eigenvalue weighted by atomic mass is 16.5. The van der Waals surface area contributed by atoms with E-state index < -0.39 is 11.6 Å². The second-order valence-corrected chi connectivity index (χ2v) is 7.78. The molecule has 164 valence electrons. The SMILES string of the molecule is CC1(CCCN)COCCN1C(=O)O.O=C1c2ccccc2C(=O)c2c(O)cccc21. The normalized spacial score (nSPS) is 19.7. The number of phenolic OH excluding ortho intramolecular Hbond substituents is 1. The van der Waals surface area contributed by atoms with Crippen molar-refractivity contribution in [3.63, 3.8) is 0 Å². The molecule has 2 aromatic rings. The van der Waals surface area contributed by atoms with Crippen LogP contribution in [0.1, 0.15) is 51.6 Å². The molecule has 1 unspecified atom stereocenters. The van der Waals surface area contributed by atoms with Crippen LogP contribution in [0.25, 0.3) is 0 Å². The lowest BCUT2D eigenvalue weighted by Gasteiger charge is -2.42. The molecule has 1 aliphatic heterocycles. The summed E-state index contributed by atoms with van der Waals surface area (Å²) < 4.78 is 5.32. The van der Waals surface area contributed by atoms with E-state index in [0.717, 1.165) is 12.8 Å². The van der Waals surface area contributed by atoms with Gasteiger partial charge in [0.05, 0.1) is 24.3 Å². The fourth-order valence-corrected chi connectivity index (χ4v) is 3.94. The van der Waals surface area contributed by atoms with Crippen molar-refractivity contribution in [2.24, 2.45) is 5.73 Å². The number of hydrogen-bond donors (Lipinski definition) is 3. The third-order valence-electron chi connectivity index (χ3n) is 5.60. The predicted molar refractivity (Wildman–Crippen MR) is 114 cm³/mol. The Morgan fingerprint density at radius 2 is 1.74 bits per heavy atom. The Balaban J connectivity index is 0.000000180. The van der Waals surface area contributed by atoms with Crippen LogP contribution in [0, 0.1) is 0 Å². The number of carboxylic acid groups (broad SMARTS) is 1. The summed E-state index contributed by atoms with van der Waals surface area (Å²) >= 11 is 0. The van der Waals surface area contributed by atoms with Crippen molar-refractivity contribution in [1.29, 1.82) is 0 Å². The molecule has 1 atom stereocenters. The highest BCUT2D eigenvalue weighted by Gasteiger charge is 2.37. The number of hydrogen-bond acceptors (Lipinski definition) is 6. The second kappa shape index (κ2) is 9.28. The van der Waals surface area contributed by atoms with Crippen LogP contribution < -0.4 is 5.73 Å². The Kier molecular flexibility index (Phi) is 6.72. The molecule has 1 fully saturated rings. The van der Waals surface area contributed by atoms with E-state index in [-0.39, 0.29) is 28.4 Å². The predicted octanol–water partition coefficient (Wildman–Crippen LogP) is 2.66. The lowest BCUT2D eigenvalue weighted by atomic mass is 9.84.